The maximum absolute atomic E-state index is 13.2. The minimum atomic E-state index is -4.47. The molecule has 3 aromatic rings. The number of aromatic nitrogens is 4. The number of alkyl halides is 3. The van der Waals surface area contributed by atoms with Crippen molar-refractivity contribution in [3.63, 3.8) is 0 Å². The third kappa shape index (κ3) is 4.04. The normalized spacial score (nSPS) is 15.3. The third-order valence-corrected chi connectivity index (χ3v) is 5.04. The number of amides is 1. The van der Waals surface area contributed by atoms with E-state index in [0.717, 1.165) is 38.1 Å². The van der Waals surface area contributed by atoms with Crippen LogP contribution < -0.4 is 11.1 Å². The molecule has 10 heteroatoms. The van der Waals surface area contributed by atoms with Crippen LogP contribution in [0.4, 0.5) is 13.2 Å². The van der Waals surface area contributed by atoms with Crippen molar-refractivity contribution < 1.29 is 18.0 Å². The number of hydrogen-bond donors (Lipinski definition) is 3. The van der Waals surface area contributed by atoms with Gasteiger partial charge in [0.25, 0.3) is 5.91 Å². The summed E-state index contributed by atoms with van der Waals surface area (Å²) in [6.07, 6.45) is -1.39. The highest BCUT2D eigenvalue weighted by molar-refractivity contribution is 5.89. The number of carbonyl (C=O) groups excluding carboxylic acids is 1. The highest BCUT2D eigenvalue weighted by Gasteiger charge is 2.31. The second kappa shape index (κ2) is 7.86. The molecule has 1 saturated heterocycles. The Bertz CT molecular complexity index is 1070. The minimum absolute atomic E-state index is 0.141. The van der Waals surface area contributed by atoms with Crippen molar-refractivity contribution in [3.05, 3.63) is 53.7 Å². The van der Waals surface area contributed by atoms with Crippen molar-refractivity contribution in [1.82, 2.24) is 25.3 Å². The fourth-order valence-corrected chi connectivity index (χ4v) is 3.53. The first-order valence-corrected chi connectivity index (χ1v) is 9.44. The van der Waals surface area contributed by atoms with Crippen LogP contribution in [0.3, 0.4) is 0 Å². The fourth-order valence-electron chi connectivity index (χ4n) is 3.53. The second-order valence-corrected chi connectivity index (χ2v) is 7.08. The standard InChI is InChI=1S/C20H19F3N6O/c21-20(22,23)13-3-1-2-12(10-13)15-16(14-6-9-26-19(27-14)17(24)30)29-18(28-15)11-4-7-25-8-5-11/h1-3,6,9-11,25H,4-5,7-8H2,(H2,24,30)(H,28,29). The lowest BCUT2D eigenvalue weighted by Crippen LogP contribution is -2.27. The number of rotatable bonds is 4. The molecule has 156 valence electrons. The van der Waals surface area contributed by atoms with Crippen LogP contribution in [0.1, 0.15) is 40.8 Å². The maximum Gasteiger partial charge on any atom is 0.416 e. The van der Waals surface area contributed by atoms with Gasteiger partial charge >= 0.3 is 6.18 Å². The number of halogens is 3. The molecule has 0 atom stereocenters. The van der Waals surface area contributed by atoms with Crippen molar-refractivity contribution in [1.29, 1.82) is 0 Å². The van der Waals surface area contributed by atoms with E-state index in [9.17, 15) is 18.0 Å². The Morgan fingerprint density at radius 2 is 1.90 bits per heavy atom. The van der Waals surface area contributed by atoms with Gasteiger partial charge in [0.15, 0.2) is 0 Å². The van der Waals surface area contributed by atoms with Crippen LogP contribution in [-0.4, -0.2) is 38.9 Å². The van der Waals surface area contributed by atoms with Crippen LogP contribution in [0.25, 0.3) is 22.6 Å². The topological polar surface area (TPSA) is 110 Å². The van der Waals surface area contributed by atoms with Crippen LogP contribution in [0.2, 0.25) is 0 Å². The summed E-state index contributed by atoms with van der Waals surface area (Å²) in [5.74, 6) is -0.156. The lowest BCUT2D eigenvalue weighted by Gasteiger charge is -2.20. The van der Waals surface area contributed by atoms with Gasteiger partial charge in [-0.1, -0.05) is 12.1 Å². The Balaban J connectivity index is 1.85. The van der Waals surface area contributed by atoms with E-state index in [0.29, 0.717) is 28.5 Å². The summed E-state index contributed by atoms with van der Waals surface area (Å²) < 4.78 is 39.7. The average molecular weight is 416 g/mol. The summed E-state index contributed by atoms with van der Waals surface area (Å²) in [5, 5.41) is 3.27. The molecular formula is C20H19F3N6O. The largest absolute Gasteiger partial charge is 0.416 e. The third-order valence-electron chi connectivity index (χ3n) is 5.04. The number of nitrogens with two attached hydrogens (primary N) is 1. The Kier molecular flexibility index (Phi) is 5.25. The Morgan fingerprint density at radius 3 is 2.60 bits per heavy atom. The highest BCUT2D eigenvalue weighted by atomic mass is 19.4. The summed E-state index contributed by atoms with van der Waals surface area (Å²) in [4.78, 5) is 27.4. The van der Waals surface area contributed by atoms with Crippen LogP contribution in [0, 0.1) is 0 Å². The van der Waals surface area contributed by atoms with Gasteiger partial charge < -0.3 is 16.0 Å². The van der Waals surface area contributed by atoms with Gasteiger partial charge in [0.2, 0.25) is 5.82 Å². The van der Waals surface area contributed by atoms with Crippen molar-refractivity contribution in [3.8, 4) is 22.6 Å². The molecule has 0 saturated carbocycles. The van der Waals surface area contributed by atoms with Crippen LogP contribution in [0.15, 0.2) is 36.5 Å². The summed E-state index contributed by atoms with van der Waals surface area (Å²) in [6, 6.07) is 6.54. The molecule has 4 rings (SSSR count). The molecule has 7 nitrogen and oxygen atoms in total. The molecule has 0 unspecified atom stereocenters. The van der Waals surface area contributed by atoms with Gasteiger partial charge in [0.1, 0.15) is 5.82 Å². The number of nitrogens with zero attached hydrogens (tertiary/aromatic N) is 3. The Morgan fingerprint density at radius 1 is 1.13 bits per heavy atom. The molecule has 0 aliphatic carbocycles. The van der Waals surface area contributed by atoms with Gasteiger partial charge in [-0.05, 0) is 44.1 Å². The quantitative estimate of drug-likeness (QED) is 0.605. The van der Waals surface area contributed by atoms with Crippen molar-refractivity contribution in [2.45, 2.75) is 24.9 Å². The minimum Gasteiger partial charge on any atom is -0.363 e. The number of carbonyl (C=O) groups is 1. The van der Waals surface area contributed by atoms with Crippen molar-refractivity contribution >= 4 is 5.91 Å². The lowest BCUT2D eigenvalue weighted by molar-refractivity contribution is -0.137. The van der Waals surface area contributed by atoms with Gasteiger partial charge in [0, 0.05) is 17.7 Å². The molecule has 1 aromatic carbocycles. The zero-order valence-corrected chi connectivity index (χ0v) is 15.8. The van der Waals surface area contributed by atoms with Gasteiger partial charge in [0.05, 0.1) is 22.6 Å². The van der Waals surface area contributed by atoms with Crippen LogP contribution in [0.5, 0.6) is 0 Å². The molecular weight excluding hydrogens is 397 g/mol. The van der Waals surface area contributed by atoms with Gasteiger partial charge in [-0.25, -0.2) is 15.0 Å². The van der Waals surface area contributed by atoms with E-state index in [2.05, 4.69) is 25.3 Å². The number of benzene rings is 1. The van der Waals surface area contributed by atoms with Gasteiger partial charge in [-0.15, -0.1) is 0 Å². The summed E-state index contributed by atoms with van der Waals surface area (Å²) in [7, 11) is 0. The number of hydrogen-bond acceptors (Lipinski definition) is 5. The predicted molar refractivity (Wildman–Crippen MR) is 103 cm³/mol. The molecule has 0 spiro atoms. The molecule has 1 amide bonds. The van der Waals surface area contributed by atoms with Crippen molar-refractivity contribution in [2.24, 2.45) is 5.73 Å². The molecule has 1 aliphatic heterocycles. The van der Waals surface area contributed by atoms with E-state index in [-0.39, 0.29) is 11.7 Å². The van der Waals surface area contributed by atoms with E-state index >= 15 is 0 Å². The lowest BCUT2D eigenvalue weighted by atomic mass is 9.98. The molecule has 0 bridgehead atoms. The monoisotopic (exact) mass is 416 g/mol. The summed E-state index contributed by atoms with van der Waals surface area (Å²) in [5.41, 5.74) is 5.91. The predicted octanol–water partition coefficient (Wildman–Crippen LogP) is 3.12. The maximum atomic E-state index is 13.2. The van der Waals surface area contributed by atoms with E-state index in [1.54, 1.807) is 12.1 Å². The van der Waals surface area contributed by atoms with E-state index in [4.69, 9.17) is 5.73 Å². The number of aromatic amines is 1. The van der Waals surface area contributed by atoms with E-state index in [1.807, 2.05) is 0 Å². The molecule has 1 aliphatic rings. The number of H-pyrrole nitrogens is 1. The average Bonchev–Trinajstić information content (AvgIpc) is 3.19. The summed E-state index contributed by atoms with van der Waals surface area (Å²) in [6.45, 7) is 1.66. The number of imidazole rings is 1. The van der Waals surface area contributed by atoms with Crippen LogP contribution in [-0.2, 0) is 6.18 Å². The van der Waals surface area contributed by atoms with Gasteiger partial charge in [-0.2, -0.15) is 13.2 Å². The number of primary amides is 1. The Hall–Kier alpha value is -3.27. The highest BCUT2D eigenvalue weighted by Crippen LogP contribution is 2.36. The fraction of sp³-hybridized carbons (Fsp3) is 0.300. The first-order chi connectivity index (χ1) is 14.3. The smallest absolute Gasteiger partial charge is 0.363 e. The molecule has 4 N–H and O–H groups in total. The molecule has 0 radical (unpaired) electrons. The van der Waals surface area contributed by atoms with Crippen molar-refractivity contribution in [2.75, 3.05) is 13.1 Å². The second-order valence-electron chi connectivity index (χ2n) is 7.08. The molecule has 3 heterocycles. The SMILES string of the molecule is NC(=O)c1nccc(-c2[nH]c(C3CCNCC3)nc2-c2cccc(C(F)(F)F)c2)n1. The van der Waals surface area contributed by atoms with E-state index in [1.165, 1.54) is 12.3 Å². The number of nitrogens with one attached hydrogen (secondary N) is 2. The first kappa shape index (κ1) is 20.0. The van der Waals surface area contributed by atoms with Crippen LogP contribution >= 0.6 is 0 Å². The zero-order valence-electron chi connectivity index (χ0n) is 15.8. The number of piperidine rings is 1. The molecule has 2 aromatic heterocycles. The first-order valence-electron chi connectivity index (χ1n) is 9.44. The summed E-state index contributed by atoms with van der Waals surface area (Å²) >= 11 is 0. The molecule has 30 heavy (non-hydrogen) atoms. The van der Waals surface area contributed by atoms with E-state index < -0.39 is 17.6 Å². The molecule has 1 fully saturated rings. The Labute approximate surface area is 170 Å². The zero-order chi connectivity index (χ0) is 21.3. The van der Waals surface area contributed by atoms with Gasteiger partial charge in [-0.3, -0.25) is 4.79 Å².